The third-order valence-corrected chi connectivity index (χ3v) is 7.55. The van der Waals surface area contributed by atoms with Crippen LogP contribution in [0, 0.1) is 0 Å². The molecule has 1 aromatic carbocycles. The lowest BCUT2D eigenvalue weighted by atomic mass is 9.87. The molecule has 0 bridgehead atoms. The second-order valence-electron chi connectivity index (χ2n) is 8.17. The predicted molar refractivity (Wildman–Crippen MR) is 118 cm³/mol. The molecule has 7 heteroatoms. The molecule has 1 atom stereocenters. The molecule has 2 aliphatic rings. The molecule has 5 rings (SSSR count). The highest BCUT2D eigenvalue weighted by atomic mass is 32.1. The Morgan fingerprint density at radius 3 is 2.80 bits per heavy atom. The van der Waals surface area contributed by atoms with Crippen LogP contribution in [0.15, 0.2) is 29.2 Å². The molecule has 0 amide bonds. The van der Waals surface area contributed by atoms with Gasteiger partial charge in [0.05, 0.1) is 18.0 Å². The van der Waals surface area contributed by atoms with Crippen LogP contribution in [0.2, 0.25) is 0 Å². The van der Waals surface area contributed by atoms with E-state index in [4.69, 9.17) is 10.5 Å². The van der Waals surface area contributed by atoms with Crippen molar-refractivity contribution in [3.8, 4) is 16.2 Å². The number of aryl methyl sites for hydroxylation is 1. The molecule has 3 aromatic rings. The number of hydrogen-bond donors (Lipinski definition) is 2. The highest BCUT2D eigenvalue weighted by Crippen LogP contribution is 2.46. The minimum absolute atomic E-state index is 0.193. The zero-order valence-electron chi connectivity index (χ0n) is 16.8. The molecule has 0 spiro atoms. The van der Waals surface area contributed by atoms with Crippen LogP contribution in [0.4, 0.5) is 0 Å². The van der Waals surface area contributed by atoms with Crippen molar-refractivity contribution in [1.82, 2.24) is 4.57 Å². The van der Waals surface area contributed by atoms with Gasteiger partial charge in [0.1, 0.15) is 5.56 Å². The molecule has 0 radical (unpaired) electrons. The minimum atomic E-state index is -1.20. The first-order chi connectivity index (χ1) is 14.5. The average molecular weight is 425 g/mol. The molecule has 156 valence electrons. The average Bonchev–Trinajstić information content (AvgIpc) is 3.50. The lowest BCUT2D eigenvalue weighted by molar-refractivity contribution is 0.0695. The number of rotatable bonds is 5. The molecule has 1 unspecified atom stereocenters. The predicted octanol–water partition coefficient (Wildman–Crippen LogP) is 4.15. The summed E-state index contributed by atoms with van der Waals surface area (Å²) in [5.41, 5.74) is 8.32. The van der Waals surface area contributed by atoms with Crippen molar-refractivity contribution in [1.29, 1.82) is 0 Å². The fourth-order valence-corrected chi connectivity index (χ4v) is 5.95. The number of thiophene rings is 1. The van der Waals surface area contributed by atoms with E-state index in [1.165, 1.54) is 16.6 Å². The maximum absolute atomic E-state index is 12.9. The maximum Gasteiger partial charge on any atom is 0.341 e. The number of ether oxygens (including phenoxy) is 1. The number of hydrogen-bond acceptors (Lipinski definition) is 5. The molecule has 2 heterocycles. The fraction of sp³-hybridized carbons (Fsp3) is 0.391. The van der Waals surface area contributed by atoms with E-state index in [1.54, 1.807) is 24.5 Å². The van der Waals surface area contributed by atoms with E-state index in [0.717, 1.165) is 42.5 Å². The number of carbonyl (C=O) groups is 1. The Labute approximate surface area is 177 Å². The fourth-order valence-electron chi connectivity index (χ4n) is 4.64. The Kier molecular flexibility index (Phi) is 4.67. The lowest BCUT2D eigenvalue weighted by Crippen LogP contribution is -2.19. The topological polar surface area (TPSA) is 94.6 Å². The molecule has 0 aliphatic heterocycles. The monoisotopic (exact) mass is 424 g/mol. The zero-order chi connectivity index (χ0) is 21.0. The molecule has 1 fully saturated rings. The van der Waals surface area contributed by atoms with Crippen LogP contribution >= 0.6 is 11.3 Å². The van der Waals surface area contributed by atoms with Gasteiger partial charge in [0, 0.05) is 27.6 Å². The second-order valence-corrected chi connectivity index (χ2v) is 9.31. The molecule has 0 saturated heterocycles. The Balaban J connectivity index is 1.76. The van der Waals surface area contributed by atoms with Crippen molar-refractivity contribution >= 4 is 28.2 Å². The van der Waals surface area contributed by atoms with Crippen LogP contribution in [0.1, 0.15) is 58.4 Å². The number of aromatic nitrogens is 1. The summed E-state index contributed by atoms with van der Waals surface area (Å²) in [7, 11) is 1.61. The van der Waals surface area contributed by atoms with E-state index in [0.29, 0.717) is 29.1 Å². The van der Waals surface area contributed by atoms with Crippen molar-refractivity contribution in [3.63, 3.8) is 0 Å². The van der Waals surface area contributed by atoms with E-state index in [9.17, 15) is 14.7 Å². The van der Waals surface area contributed by atoms with Gasteiger partial charge >= 0.3 is 5.97 Å². The smallest absolute Gasteiger partial charge is 0.341 e. The summed E-state index contributed by atoms with van der Waals surface area (Å²) in [4.78, 5) is 27.0. The van der Waals surface area contributed by atoms with Crippen LogP contribution in [-0.4, -0.2) is 29.3 Å². The Bertz CT molecular complexity index is 1220. The highest BCUT2D eigenvalue weighted by Gasteiger charge is 2.30. The SMILES string of the molecule is COc1c(-c2cc3c(s2)CCCC3CN)ccc2c(=O)c(C(=O)O)cn(C3CC3)c12. The third-order valence-electron chi connectivity index (χ3n) is 6.31. The first-order valence-corrected chi connectivity index (χ1v) is 11.2. The molecular weight excluding hydrogens is 400 g/mol. The summed E-state index contributed by atoms with van der Waals surface area (Å²) < 4.78 is 7.78. The van der Waals surface area contributed by atoms with Crippen LogP contribution in [-0.2, 0) is 6.42 Å². The number of aromatic carboxylic acids is 1. The molecule has 2 aliphatic carbocycles. The maximum atomic E-state index is 12.9. The number of carboxylic acid groups (broad SMARTS) is 1. The number of pyridine rings is 1. The minimum Gasteiger partial charge on any atom is -0.494 e. The highest BCUT2D eigenvalue weighted by molar-refractivity contribution is 7.15. The van der Waals surface area contributed by atoms with Crippen molar-refractivity contribution in [2.24, 2.45) is 5.73 Å². The van der Waals surface area contributed by atoms with Gasteiger partial charge in [-0.05, 0) is 68.3 Å². The van der Waals surface area contributed by atoms with Crippen LogP contribution in [0.25, 0.3) is 21.3 Å². The standard InChI is InChI=1S/C23H24N2O4S/c1-29-22-14(19-9-16-12(10-24)3-2-4-18(16)30-19)7-8-15-20(22)25(13-5-6-13)11-17(21(15)26)23(27)28/h7-9,11-13H,2-6,10,24H2,1H3,(H,27,28). The van der Waals surface area contributed by atoms with E-state index in [2.05, 4.69) is 6.07 Å². The molecule has 1 saturated carbocycles. The molecule has 6 nitrogen and oxygen atoms in total. The number of nitrogens with zero attached hydrogens (tertiary/aromatic N) is 1. The number of carboxylic acids is 1. The number of nitrogens with two attached hydrogens (primary N) is 1. The summed E-state index contributed by atoms with van der Waals surface area (Å²) in [6.07, 6.45) is 6.77. The van der Waals surface area contributed by atoms with Crippen molar-refractivity contribution in [3.05, 3.63) is 50.6 Å². The largest absolute Gasteiger partial charge is 0.494 e. The summed E-state index contributed by atoms with van der Waals surface area (Å²) >= 11 is 1.77. The molecule has 3 N–H and O–H groups in total. The van der Waals surface area contributed by atoms with E-state index in [-0.39, 0.29) is 11.6 Å². The van der Waals surface area contributed by atoms with Crippen molar-refractivity contribution in [2.75, 3.05) is 13.7 Å². The summed E-state index contributed by atoms with van der Waals surface area (Å²) in [5.74, 6) is -0.164. The van der Waals surface area contributed by atoms with Gasteiger partial charge in [-0.25, -0.2) is 4.79 Å². The van der Waals surface area contributed by atoms with Crippen molar-refractivity contribution in [2.45, 2.75) is 44.1 Å². The van der Waals surface area contributed by atoms with E-state index >= 15 is 0 Å². The summed E-state index contributed by atoms with van der Waals surface area (Å²) in [6, 6.07) is 6.07. The van der Waals surface area contributed by atoms with Gasteiger partial charge in [-0.15, -0.1) is 11.3 Å². The van der Waals surface area contributed by atoms with Crippen molar-refractivity contribution < 1.29 is 14.6 Å². The number of methoxy groups -OCH3 is 1. The first kappa shape index (κ1) is 19.3. The van der Waals surface area contributed by atoms with E-state index < -0.39 is 11.4 Å². The van der Waals surface area contributed by atoms with Gasteiger partial charge < -0.3 is 20.1 Å². The Morgan fingerprint density at radius 2 is 2.13 bits per heavy atom. The first-order valence-electron chi connectivity index (χ1n) is 10.4. The molecular formula is C23H24N2O4S. The summed E-state index contributed by atoms with van der Waals surface area (Å²) in [5, 5.41) is 9.89. The summed E-state index contributed by atoms with van der Waals surface area (Å²) in [6.45, 7) is 0.650. The number of benzene rings is 1. The second kappa shape index (κ2) is 7.25. The van der Waals surface area contributed by atoms with Gasteiger partial charge in [-0.2, -0.15) is 0 Å². The number of fused-ring (bicyclic) bond motifs is 2. The quantitative estimate of drug-likeness (QED) is 0.642. The van der Waals surface area contributed by atoms with Gasteiger partial charge in [-0.1, -0.05) is 0 Å². The van der Waals surface area contributed by atoms with Gasteiger partial charge in [0.15, 0.2) is 5.75 Å². The van der Waals surface area contributed by atoms with Gasteiger partial charge in [0.25, 0.3) is 0 Å². The normalized spacial score (nSPS) is 18.4. The van der Waals surface area contributed by atoms with Crippen LogP contribution < -0.4 is 15.9 Å². The Hall–Kier alpha value is -2.64. The Morgan fingerprint density at radius 1 is 1.33 bits per heavy atom. The molecule has 30 heavy (non-hydrogen) atoms. The van der Waals surface area contributed by atoms with Gasteiger partial charge in [0.2, 0.25) is 5.43 Å². The van der Waals surface area contributed by atoms with E-state index in [1.807, 2.05) is 10.6 Å². The van der Waals surface area contributed by atoms with Crippen LogP contribution in [0.5, 0.6) is 5.75 Å². The van der Waals surface area contributed by atoms with Crippen LogP contribution in [0.3, 0.4) is 0 Å². The third kappa shape index (κ3) is 2.96. The van der Waals surface area contributed by atoms with Gasteiger partial charge in [-0.3, -0.25) is 4.79 Å². The lowest BCUT2D eigenvalue weighted by Gasteiger charge is -2.20. The molecule has 2 aromatic heterocycles. The zero-order valence-corrected chi connectivity index (χ0v) is 17.6.